The van der Waals surface area contributed by atoms with E-state index in [-0.39, 0.29) is 18.5 Å². The number of ether oxygens (including phenoxy) is 2. The van der Waals surface area contributed by atoms with E-state index < -0.39 is 4.92 Å². The number of carbonyl (C=O) groups is 1. The Kier molecular flexibility index (Phi) is 4.98. The number of nitrogens with one attached hydrogen (secondary N) is 2. The molecular weight excluding hydrogens is 364 g/mol. The molecule has 2 aromatic rings. The summed E-state index contributed by atoms with van der Waals surface area (Å²) in [6.45, 7) is 4.14. The van der Waals surface area contributed by atoms with E-state index in [1.165, 1.54) is 34.7 Å². The molecule has 0 spiro atoms. The lowest BCUT2D eigenvalue weighted by Crippen LogP contribution is -3.13. The minimum absolute atomic E-state index is 0.00118. The van der Waals surface area contributed by atoms with Crippen molar-refractivity contribution in [2.75, 3.05) is 38.3 Å². The molecule has 0 saturated carbocycles. The van der Waals surface area contributed by atoms with E-state index in [2.05, 4.69) is 5.32 Å². The zero-order chi connectivity index (χ0) is 19.5. The second-order valence-electron chi connectivity index (χ2n) is 6.84. The summed E-state index contributed by atoms with van der Waals surface area (Å²) < 4.78 is 10.8. The van der Waals surface area contributed by atoms with Crippen molar-refractivity contribution in [1.29, 1.82) is 0 Å². The van der Waals surface area contributed by atoms with Crippen molar-refractivity contribution in [3.8, 4) is 11.5 Å². The summed E-state index contributed by atoms with van der Waals surface area (Å²) in [6, 6.07) is 11.7. The SMILES string of the molecule is O=C(Nc1ccc([N+](=O)[O-])cc1)N1CC[NH+](Cc2ccc3c(c2)OCO3)CC1. The van der Waals surface area contributed by atoms with Gasteiger partial charge in [-0.3, -0.25) is 10.1 Å². The standard InChI is InChI=1S/C19H20N4O5/c24-19(20-15-2-4-16(5-3-15)23(25)26)22-9-7-21(8-10-22)12-14-1-6-17-18(11-14)28-13-27-17/h1-6,11H,7-10,12-13H2,(H,20,24)/p+1. The van der Waals surface area contributed by atoms with Gasteiger partial charge in [-0.1, -0.05) is 0 Å². The summed E-state index contributed by atoms with van der Waals surface area (Å²) in [5.74, 6) is 1.57. The number of benzene rings is 2. The highest BCUT2D eigenvalue weighted by Crippen LogP contribution is 2.32. The largest absolute Gasteiger partial charge is 0.454 e. The fourth-order valence-corrected chi connectivity index (χ4v) is 3.41. The average Bonchev–Trinajstić information content (AvgIpc) is 3.17. The first-order valence-electron chi connectivity index (χ1n) is 9.11. The third-order valence-electron chi connectivity index (χ3n) is 4.98. The molecule has 2 amide bonds. The number of fused-ring (bicyclic) bond motifs is 1. The Balaban J connectivity index is 1.27. The van der Waals surface area contributed by atoms with Crippen LogP contribution in [-0.2, 0) is 6.54 Å². The lowest BCUT2D eigenvalue weighted by molar-refractivity contribution is -0.917. The molecule has 0 radical (unpaired) electrons. The van der Waals surface area contributed by atoms with Crippen molar-refractivity contribution in [2.45, 2.75) is 6.54 Å². The van der Waals surface area contributed by atoms with E-state index >= 15 is 0 Å². The molecule has 4 rings (SSSR count). The molecule has 0 unspecified atom stereocenters. The normalized spacial score (nSPS) is 16.1. The van der Waals surface area contributed by atoms with Gasteiger partial charge < -0.3 is 24.6 Å². The fraction of sp³-hybridized carbons (Fsp3) is 0.316. The van der Waals surface area contributed by atoms with Crippen LogP contribution in [0.3, 0.4) is 0 Å². The van der Waals surface area contributed by atoms with Gasteiger partial charge in [0.1, 0.15) is 6.54 Å². The summed E-state index contributed by atoms with van der Waals surface area (Å²) in [4.78, 5) is 25.8. The van der Waals surface area contributed by atoms with Crippen LogP contribution < -0.4 is 19.7 Å². The van der Waals surface area contributed by atoms with Gasteiger partial charge in [0.25, 0.3) is 5.69 Å². The zero-order valence-electron chi connectivity index (χ0n) is 15.2. The maximum atomic E-state index is 12.4. The molecule has 146 valence electrons. The number of carbonyl (C=O) groups excluding carboxylic acids is 1. The predicted octanol–water partition coefficient (Wildman–Crippen LogP) is 1.26. The Morgan fingerprint density at radius 2 is 1.82 bits per heavy atom. The first-order chi connectivity index (χ1) is 13.6. The van der Waals surface area contributed by atoms with Crippen LogP contribution in [0.15, 0.2) is 42.5 Å². The van der Waals surface area contributed by atoms with Crippen molar-refractivity contribution in [3.63, 3.8) is 0 Å². The van der Waals surface area contributed by atoms with E-state index in [4.69, 9.17) is 9.47 Å². The average molecular weight is 385 g/mol. The number of nitro benzene ring substituents is 1. The minimum Gasteiger partial charge on any atom is -0.454 e. The number of rotatable bonds is 4. The number of nitro groups is 1. The molecule has 0 atom stereocenters. The van der Waals surface area contributed by atoms with Crippen LogP contribution in [0, 0.1) is 10.1 Å². The van der Waals surface area contributed by atoms with E-state index in [9.17, 15) is 14.9 Å². The highest BCUT2D eigenvalue weighted by molar-refractivity contribution is 5.89. The second kappa shape index (κ2) is 7.73. The van der Waals surface area contributed by atoms with Gasteiger partial charge in [-0.15, -0.1) is 0 Å². The van der Waals surface area contributed by atoms with Crippen molar-refractivity contribution in [2.24, 2.45) is 0 Å². The quantitative estimate of drug-likeness (QED) is 0.610. The van der Waals surface area contributed by atoms with Gasteiger partial charge in [-0.05, 0) is 30.3 Å². The number of piperazine rings is 1. The first kappa shape index (κ1) is 18.1. The topological polar surface area (TPSA) is 98.4 Å². The highest BCUT2D eigenvalue weighted by atomic mass is 16.7. The fourth-order valence-electron chi connectivity index (χ4n) is 3.41. The van der Waals surface area contributed by atoms with Crippen molar-refractivity contribution < 1.29 is 24.1 Å². The summed E-state index contributed by atoms with van der Waals surface area (Å²) in [5.41, 5.74) is 1.73. The van der Waals surface area contributed by atoms with E-state index in [1.54, 1.807) is 4.90 Å². The third-order valence-corrected chi connectivity index (χ3v) is 4.98. The number of urea groups is 1. The van der Waals surface area contributed by atoms with E-state index in [1.807, 2.05) is 18.2 Å². The van der Waals surface area contributed by atoms with E-state index in [0.717, 1.165) is 31.1 Å². The van der Waals surface area contributed by atoms with E-state index in [0.29, 0.717) is 18.8 Å². The van der Waals surface area contributed by atoms with Gasteiger partial charge in [0.15, 0.2) is 11.5 Å². The van der Waals surface area contributed by atoms with Crippen LogP contribution >= 0.6 is 0 Å². The molecule has 9 heteroatoms. The highest BCUT2D eigenvalue weighted by Gasteiger charge is 2.24. The van der Waals surface area contributed by atoms with Gasteiger partial charge in [-0.25, -0.2) is 4.79 Å². The number of hydrogen-bond donors (Lipinski definition) is 2. The molecule has 0 aromatic heterocycles. The molecule has 2 heterocycles. The summed E-state index contributed by atoms with van der Waals surface area (Å²) in [5, 5.41) is 13.5. The number of amides is 2. The van der Waals surface area contributed by atoms with Gasteiger partial charge >= 0.3 is 6.03 Å². The predicted molar refractivity (Wildman–Crippen MR) is 101 cm³/mol. The van der Waals surface area contributed by atoms with Crippen molar-refractivity contribution in [3.05, 3.63) is 58.1 Å². The molecule has 2 N–H and O–H groups in total. The smallest absolute Gasteiger partial charge is 0.322 e. The third kappa shape index (κ3) is 3.99. The first-order valence-corrected chi connectivity index (χ1v) is 9.11. The van der Waals surface area contributed by atoms with Gasteiger partial charge in [0.2, 0.25) is 6.79 Å². The van der Waals surface area contributed by atoms with Crippen LogP contribution in [0.1, 0.15) is 5.56 Å². The van der Waals surface area contributed by atoms with Crippen LogP contribution in [0.2, 0.25) is 0 Å². The van der Waals surface area contributed by atoms with Crippen molar-refractivity contribution in [1.82, 2.24) is 4.90 Å². The van der Waals surface area contributed by atoms with Crippen molar-refractivity contribution >= 4 is 17.4 Å². The van der Waals surface area contributed by atoms with Crippen LogP contribution in [0.4, 0.5) is 16.2 Å². The minimum atomic E-state index is -0.465. The molecule has 0 bridgehead atoms. The molecule has 2 aliphatic heterocycles. The maximum absolute atomic E-state index is 12.4. The Bertz CT molecular complexity index is 878. The lowest BCUT2D eigenvalue weighted by Gasteiger charge is -2.32. The molecule has 2 aromatic carbocycles. The maximum Gasteiger partial charge on any atom is 0.322 e. The molecular formula is C19H21N4O5+. The Morgan fingerprint density at radius 3 is 2.54 bits per heavy atom. The molecule has 0 aliphatic carbocycles. The number of quaternary nitrogens is 1. The Morgan fingerprint density at radius 1 is 1.11 bits per heavy atom. The number of non-ortho nitro benzene ring substituents is 1. The number of hydrogen-bond acceptors (Lipinski definition) is 5. The van der Waals surface area contributed by atoms with Crippen LogP contribution in [-0.4, -0.2) is 48.8 Å². The second-order valence-corrected chi connectivity index (χ2v) is 6.84. The molecule has 9 nitrogen and oxygen atoms in total. The summed E-state index contributed by atoms with van der Waals surface area (Å²) in [7, 11) is 0. The van der Waals surface area contributed by atoms with Crippen LogP contribution in [0.5, 0.6) is 11.5 Å². The summed E-state index contributed by atoms with van der Waals surface area (Å²) in [6.07, 6.45) is 0. The lowest BCUT2D eigenvalue weighted by atomic mass is 10.1. The zero-order valence-corrected chi connectivity index (χ0v) is 15.2. The molecule has 1 fully saturated rings. The Hall–Kier alpha value is -3.33. The molecule has 1 saturated heterocycles. The van der Waals surface area contributed by atoms with Gasteiger partial charge in [0.05, 0.1) is 31.1 Å². The van der Waals surface area contributed by atoms with Crippen LogP contribution in [0.25, 0.3) is 0 Å². The summed E-state index contributed by atoms with van der Waals surface area (Å²) >= 11 is 0. The Labute approximate surface area is 161 Å². The molecule has 28 heavy (non-hydrogen) atoms. The van der Waals surface area contributed by atoms with Gasteiger partial charge in [0, 0.05) is 23.4 Å². The number of anilines is 1. The monoisotopic (exact) mass is 385 g/mol. The number of nitrogens with zero attached hydrogens (tertiary/aromatic N) is 2. The van der Waals surface area contributed by atoms with Gasteiger partial charge in [-0.2, -0.15) is 0 Å². The molecule has 2 aliphatic rings.